The van der Waals surface area contributed by atoms with Crippen LogP contribution in [0.1, 0.15) is 31.1 Å². The molecule has 0 aliphatic carbocycles. The van der Waals surface area contributed by atoms with Crippen LogP contribution in [0.2, 0.25) is 5.02 Å². The number of amides is 2. The van der Waals surface area contributed by atoms with Crippen LogP contribution < -0.4 is 10.6 Å². The standard InChI is InChI=1S/C15H21ClN4O3/c1-15(2,3)23-14(22)20-6-4-19(5-7-20)13-11(16)8-10(9-18-13)12(17)21/h8-9H,4-7H2,1-3H3,(H2,17,21). The maximum Gasteiger partial charge on any atom is 0.410 e. The molecule has 2 N–H and O–H groups in total. The first-order chi connectivity index (χ1) is 10.7. The summed E-state index contributed by atoms with van der Waals surface area (Å²) in [6.45, 7) is 7.72. The Morgan fingerprint density at radius 2 is 1.87 bits per heavy atom. The number of hydrogen-bond acceptors (Lipinski definition) is 5. The quantitative estimate of drug-likeness (QED) is 0.888. The second-order valence-electron chi connectivity index (χ2n) is 6.35. The zero-order valence-electron chi connectivity index (χ0n) is 13.5. The van der Waals surface area contributed by atoms with E-state index in [0.29, 0.717) is 37.0 Å². The van der Waals surface area contributed by atoms with E-state index in [1.807, 2.05) is 25.7 Å². The lowest BCUT2D eigenvalue weighted by Gasteiger charge is -2.36. The molecule has 1 aromatic heterocycles. The van der Waals surface area contributed by atoms with Crippen molar-refractivity contribution in [1.29, 1.82) is 0 Å². The van der Waals surface area contributed by atoms with E-state index >= 15 is 0 Å². The first kappa shape index (κ1) is 17.3. The van der Waals surface area contributed by atoms with Gasteiger partial charge in [0, 0.05) is 32.4 Å². The summed E-state index contributed by atoms with van der Waals surface area (Å²) in [6.07, 6.45) is 1.09. The number of halogens is 1. The molecule has 0 spiro atoms. The fourth-order valence-electron chi connectivity index (χ4n) is 2.23. The number of hydrogen-bond donors (Lipinski definition) is 1. The summed E-state index contributed by atoms with van der Waals surface area (Å²) in [5.41, 5.74) is 4.96. The number of ether oxygens (including phenoxy) is 1. The Kier molecular flexibility index (Phi) is 4.99. The molecule has 2 heterocycles. The zero-order valence-corrected chi connectivity index (χ0v) is 14.3. The Morgan fingerprint density at radius 1 is 1.26 bits per heavy atom. The van der Waals surface area contributed by atoms with Crippen molar-refractivity contribution in [3.05, 3.63) is 22.8 Å². The van der Waals surface area contributed by atoms with E-state index in [1.54, 1.807) is 4.90 Å². The van der Waals surface area contributed by atoms with Crippen LogP contribution in [0.3, 0.4) is 0 Å². The molecule has 2 amide bonds. The van der Waals surface area contributed by atoms with Crippen LogP contribution in [-0.4, -0.2) is 53.7 Å². The van der Waals surface area contributed by atoms with E-state index in [-0.39, 0.29) is 11.7 Å². The van der Waals surface area contributed by atoms with Gasteiger partial charge in [-0.2, -0.15) is 0 Å². The number of primary amides is 1. The molecule has 0 saturated carbocycles. The summed E-state index contributed by atoms with van der Waals surface area (Å²) in [7, 11) is 0. The smallest absolute Gasteiger partial charge is 0.410 e. The van der Waals surface area contributed by atoms with Crippen molar-refractivity contribution in [3.8, 4) is 0 Å². The van der Waals surface area contributed by atoms with Crippen LogP contribution in [0.25, 0.3) is 0 Å². The normalized spacial score (nSPS) is 15.5. The highest BCUT2D eigenvalue weighted by Gasteiger charge is 2.27. The van der Waals surface area contributed by atoms with Gasteiger partial charge in [-0.15, -0.1) is 0 Å². The van der Waals surface area contributed by atoms with E-state index in [1.165, 1.54) is 12.3 Å². The highest BCUT2D eigenvalue weighted by molar-refractivity contribution is 6.33. The van der Waals surface area contributed by atoms with Gasteiger partial charge in [-0.05, 0) is 26.8 Å². The molecule has 2 rings (SSSR count). The summed E-state index contributed by atoms with van der Waals surface area (Å²) < 4.78 is 5.36. The number of carbonyl (C=O) groups excluding carboxylic acids is 2. The van der Waals surface area contributed by atoms with Gasteiger partial charge in [0.05, 0.1) is 10.6 Å². The summed E-state index contributed by atoms with van der Waals surface area (Å²) in [6, 6.07) is 1.51. The van der Waals surface area contributed by atoms with Gasteiger partial charge in [0.1, 0.15) is 11.4 Å². The molecule has 23 heavy (non-hydrogen) atoms. The van der Waals surface area contributed by atoms with Gasteiger partial charge in [0.25, 0.3) is 0 Å². The van der Waals surface area contributed by atoms with E-state index in [4.69, 9.17) is 22.1 Å². The molecule has 1 aliphatic heterocycles. The lowest BCUT2D eigenvalue weighted by molar-refractivity contribution is 0.0240. The molecule has 8 heteroatoms. The molecule has 1 saturated heterocycles. The van der Waals surface area contributed by atoms with Gasteiger partial charge in [-0.3, -0.25) is 4.79 Å². The fraction of sp³-hybridized carbons (Fsp3) is 0.533. The highest BCUT2D eigenvalue weighted by atomic mass is 35.5. The van der Waals surface area contributed by atoms with E-state index in [0.717, 1.165) is 0 Å². The molecule has 1 aliphatic rings. The van der Waals surface area contributed by atoms with Crippen molar-refractivity contribution >= 4 is 29.4 Å². The molecule has 0 aromatic carbocycles. The number of rotatable bonds is 2. The van der Waals surface area contributed by atoms with Crippen LogP contribution in [0, 0.1) is 0 Å². The summed E-state index contributed by atoms with van der Waals surface area (Å²) in [4.78, 5) is 31.0. The van der Waals surface area contributed by atoms with Gasteiger partial charge in [-0.25, -0.2) is 9.78 Å². The highest BCUT2D eigenvalue weighted by Crippen LogP contribution is 2.25. The minimum Gasteiger partial charge on any atom is -0.444 e. The SMILES string of the molecule is CC(C)(C)OC(=O)N1CCN(c2ncc(C(N)=O)cc2Cl)CC1. The van der Waals surface area contributed by atoms with Gasteiger partial charge in [0.15, 0.2) is 0 Å². The number of carbonyl (C=O) groups is 2. The van der Waals surface area contributed by atoms with Crippen LogP contribution in [0.15, 0.2) is 12.3 Å². The third-order valence-electron chi connectivity index (χ3n) is 3.34. The number of nitrogens with zero attached hydrogens (tertiary/aromatic N) is 3. The average molecular weight is 341 g/mol. The first-order valence-electron chi connectivity index (χ1n) is 7.35. The van der Waals surface area contributed by atoms with Crippen molar-refractivity contribution < 1.29 is 14.3 Å². The molecule has 1 fully saturated rings. The number of piperazine rings is 1. The predicted octanol–water partition coefficient (Wildman–Crippen LogP) is 1.89. The number of pyridine rings is 1. The first-order valence-corrected chi connectivity index (χ1v) is 7.73. The maximum absolute atomic E-state index is 12.0. The summed E-state index contributed by atoms with van der Waals surface area (Å²) in [5.74, 6) is 0.0150. The van der Waals surface area contributed by atoms with Crippen LogP contribution in [0.4, 0.5) is 10.6 Å². The van der Waals surface area contributed by atoms with Crippen LogP contribution in [0.5, 0.6) is 0 Å². The maximum atomic E-state index is 12.0. The second kappa shape index (κ2) is 6.62. The van der Waals surface area contributed by atoms with E-state index in [9.17, 15) is 9.59 Å². The van der Waals surface area contributed by atoms with E-state index in [2.05, 4.69) is 4.98 Å². The Balaban J connectivity index is 1.99. The van der Waals surface area contributed by atoms with Crippen molar-refractivity contribution in [2.75, 3.05) is 31.1 Å². The lowest BCUT2D eigenvalue weighted by atomic mass is 10.2. The molecule has 0 unspecified atom stereocenters. The van der Waals surface area contributed by atoms with Crippen molar-refractivity contribution in [2.24, 2.45) is 5.73 Å². The molecule has 126 valence electrons. The Labute approximate surface area is 140 Å². The molecular formula is C15H21ClN4O3. The zero-order chi connectivity index (χ0) is 17.2. The summed E-state index contributed by atoms with van der Waals surface area (Å²) >= 11 is 6.18. The number of anilines is 1. The Hall–Kier alpha value is -2.02. The predicted molar refractivity (Wildman–Crippen MR) is 87.8 cm³/mol. The van der Waals surface area contributed by atoms with Gasteiger partial charge >= 0.3 is 6.09 Å². The molecule has 1 aromatic rings. The van der Waals surface area contributed by atoms with Crippen molar-refractivity contribution in [1.82, 2.24) is 9.88 Å². The Morgan fingerprint density at radius 3 is 2.35 bits per heavy atom. The fourth-order valence-corrected chi connectivity index (χ4v) is 2.51. The van der Waals surface area contributed by atoms with Crippen molar-refractivity contribution in [3.63, 3.8) is 0 Å². The van der Waals surface area contributed by atoms with Crippen molar-refractivity contribution in [2.45, 2.75) is 26.4 Å². The molecule has 7 nitrogen and oxygen atoms in total. The summed E-state index contributed by atoms with van der Waals surface area (Å²) in [5, 5.41) is 0.368. The minimum atomic E-state index is -0.569. The molecular weight excluding hydrogens is 320 g/mol. The van der Waals surface area contributed by atoms with Crippen LogP contribution in [-0.2, 0) is 4.74 Å². The largest absolute Gasteiger partial charge is 0.444 e. The molecule has 0 bridgehead atoms. The van der Waals surface area contributed by atoms with Gasteiger partial charge < -0.3 is 20.3 Å². The lowest BCUT2D eigenvalue weighted by Crippen LogP contribution is -2.50. The van der Waals surface area contributed by atoms with Gasteiger partial charge in [0.2, 0.25) is 5.91 Å². The monoisotopic (exact) mass is 340 g/mol. The number of aromatic nitrogens is 1. The third kappa shape index (κ3) is 4.48. The topological polar surface area (TPSA) is 88.8 Å². The average Bonchev–Trinajstić information content (AvgIpc) is 2.45. The van der Waals surface area contributed by atoms with Crippen LogP contribution >= 0.6 is 11.6 Å². The minimum absolute atomic E-state index is 0.270. The molecule has 0 radical (unpaired) electrons. The van der Waals surface area contributed by atoms with Gasteiger partial charge in [-0.1, -0.05) is 11.6 Å². The number of nitrogens with two attached hydrogens (primary N) is 1. The third-order valence-corrected chi connectivity index (χ3v) is 3.62. The molecule has 0 atom stereocenters. The van der Waals surface area contributed by atoms with E-state index < -0.39 is 11.5 Å². The Bertz CT molecular complexity index is 607. The second-order valence-corrected chi connectivity index (χ2v) is 6.76.